The van der Waals surface area contributed by atoms with Crippen molar-refractivity contribution < 1.29 is 9.53 Å². The average molecular weight is 428 g/mol. The van der Waals surface area contributed by atoms with Crippen LogP contribution in [0.2, 0.25) is 5.02 Å². The van der Waals surface area contributed by atoms with Gasteiger partial charge in [0.1, 0.15) is 10.8 Å². The van der Waals surface area contributed by atoms with Crippen molar-refractivity contribution in [1.82, 2.24) is 4.98 Å². The lowest BCUT2D eigenvalue weighted by Gasteiger charge is -2.09. The Morgan fingerprint density at radius 2 is 1.96 bits per heavy atom. The number of nitrogens with zero attached hydrogens (tertiary/aromatic N) is 2. The van der Waals surface area contributed by atoms with Crippen molar-refractivity contribution in [3.05, 3.63) is 64.0 Å². The predicted octanol–water partition coefficient (Wildman–Crippen LogP) is 4.98. The van der Waals surface area contributed by atoms with Gasteiger partial charge in [-0.15, -0.1) is 0 Å². The summed E-state index contributed by atoms with van der Waals surface area (Å²) < 4.78 is 5.31. The number of methoxy groups -OCH3 is 1. The number of carbonyl (C=O) groups is 1. The van der Waals surface area contributed by atoms with Gasteiger partial charge in [0.25, 0.3) is 5.91 Å². The van der Waals surface area contributed by atoms with E-state index in [1.165, 1.54) is 11.8 Å². The SMILES string of the molecule is COc1ccc2nc(Sc3ccc(Cl)cc3)c(/C=C3/SC(N)=NC3=O)cc2c1. The zero-order valence-electron chi connectivity index (χ0n) is 14.7. The Kier molecular flexibility index (Phi) is 5.30. The van der Waals surface area contributed by atoms with Crippen molar-refractivity contribution in [3.8, 4) is 5.75 Å². The summed E-state index contributed by atoms with van der Waals surface area (Å²) in [6.45, 7) is 0. The van der Waals surface area contributed by atoms with Gasteiger partial charge in [0, 0.05) is 20.9 Å². The Hall–Kier alpha value is -2.48. The summed E-state index contributed by atoms with van der Waals surface area (Å²) in [4.78, 5) is 22.1. The first kappa shape index (κ1) is 18.9. The number of hydrogen-bond donors (Lipinski definition) is 1. The van der Waals surface area contributed by atoms with E-state index in [2.05, 4.69) is 4.99 Å². The van der Waals surface area contributed by atoms with Crippen LogP contribution in [0.1, 0.15) is 5.56 Å². The summed E-state index contributed by atoms with van der Waals surface area (Å²) in [5.74, 6) is 0.403. The Bertz CT molecular complexity index is 1140. The van der Waals surface area contributed by atoms with Crippen LogP contribution >= 0.6 is 35.1 Å². The standard InChI is InChI=1S/C20H14ClN3O2S2/c1-26-14-4-7-16-11(9-14)8-12(10-17-18(25)24-20(22)28-17)19(23-16)27-15-5-2-13(21)3-6-15/h2-10H,1H3,(H2,22,24,25)/b17-10+. The molecule has 0 fully saturated rings. The molecule has 1 amide bonds. The quantitative estimate of drug-likeness (QED) is 0.592. The zero-order valence-corrected chi connectivity index (χ0v) is 17.1. The Balaban J connectivity index is 1.82. The maximum Gasteiger partial charge on any atom is 0.286 e. The second-order valence-electron chi connectivity index (χ2n) is 5.86. The van der Waals surface area contributed by atoms with Crippen LogP contribution in [0.25, 0.3) is 17.0 Å². The zero-order chi connectivity index (χ0) is 19.7. The Morgan fingerprint density at radius 3 is 2.64 bits per heavy atom. The van der Waals surface area contributed by atoms with Crippen LogP contribution in [0.3, 0.4) is 0 Å². The van der Waals surface area contributed by atoms with Crippen molar-refractivity contribution >= 4 is 63.2 Å². The Morgan fingerprint density at radius 1 is 1.18 bits per heavy atom. The van der Waals surface area contributed by atoms with Crippen LogP contribution in [0.4, 0.5) is 0 Å². The summed E-state index contributed by atoms with van der Waals surface area (Å²) in [6.07, 6.45) is 1.78. The van der Waals surface area contributed by atoms with Gasteiger partial charge in [0.15, 0.2) is 5.17 Å². The molecular formula is C20H14ClN3O2S2. The molecule has 0 aliphatic carbocycles. The highest BCUT2D eigenvalue weighted by Crippen LogP contribution is 2.35. The van der Waals surface area contributed by atoms with E-state index >= 15 is 0 Å². The number of halogens is 1. The van der Waals surface area contributed by atoms with Crippen LogP contribution < -0.4 is 10.5 Å². The van der Waals surface area contributed by atoms with Gasteiger partial charge in [-0.1, -0.05) is 23.4 Å². The monoisotopic (exact) mass is 427 g/mol. The summed E-state index contributed by atoms with van der Waals surface area (Å²) in [7, 11) is 1.62. The normalized spacial score (nSPS) is 15.3. The third kappa shape index (κ3) is 4.01. The molecule has 5 nitrogen and oxygen atoms in total. The summed E-state index contributed by atoms with van der Waals surface area (Å²) in [5.41, 5.74) is 7.32. The minimum atomic E-state index is -0.337. The third-order valence-electron chi connectivity index (χ3n) is 3.97. The molecule has 1 aliphatic rings. The molecule has 140 valence electrons. The second kappa shape index (κ2) is 7.87. The highest BCUT2D eigenvalue weighted by Gasteiger charge is 2.20. The molecule has 0 atom stereocenters. The van der Waals surface area contributed by atoms with E-state index in [1.807, 2.05) is 48.5 Å². The van der Waals surface area contributed by atoms with E-state index in [-0.39, 0.29) is 11.1 Å². The number of amidine groups is 1. The minimum absolute atomic E-state index is 0.249. The highest BCUT2D eigenvalue weighted by atomic mass is 35.5. The first-order chi connectivity index (χ1) is 13.5. The van der Waals surface area contributed by atoms with E-state index in [0.717, 1.165) is 43.9 Å². The van der Waals surface area contributed by atoms with Crippen molar-refractivity contribution in [2.24, 2.45) is 10.7 Å². The largest absolute Gasteiger partial charge is 0.497 e. The number of aliphatic imine (C=N–C) groups is 1. The maximum atomic E-state index is 12.0. The van der Waals surface area contributed by atoms with Gasteiger partial charge in [0.05, 0.1) is 17.5 Å². The van der Waals surface area contributed by atoms with Crippen LogP contribution in [-0.4, -0.2) is 23.2 Å². The molecule has 2 N–H and O–H groups in total. The number of fused-ring (bicyclic) bond motifs is 1. The van der Waals surface area contributed by atoms with Crippen molar-refractivity contribution in [3.63, 3.8) is 0 Å². The molecule has 3 aromatic rings. The molecule has 0 bridgehead atoms. The fraction of sp³-hybridized carbons (Fsp3) is 0.0500. The minimum Gasteiger partial charge on any atom is -0.497 e. The Labute approximate surface area is 175 Å². The summed E-state index contributed by atoms with van der Waals surface area (Å²) in [6, 6.07) is 15.2. The number of thioether (sulfide) groups is 1. The molecule has 1 aromatic heterocycles. The van der Waals surface area contributed by atoms with Crippen LogP contribution in [0.5, 0.6) is 5.75 Å². The number of aromatic nitrogens is 1. The molecule has 0 saturated carbocycles. The number of carbonyl (C=O) groups excluding carboxylic acids is 1. The van der Waals surface area contributed by atoms with Crippen molar-refractivity contribution in [2.75, 3.05) is 7.11 Å². The second-order valence-corrected chi connectivity index (χ2v) is 8.42. The van der Waals surface area contributed by atoms with Gasteiger partial charge in [0.2, 0.25) is 0 Å². The van der Waals surface area contributed by atoms with Crippen molar-refractivity contribution in [2.45, 2.75) is 9.92 Å². The predicted molar refractivity (Wildman–Crippen MR) is 116 cm³/mol. The van der Waals surface area contributed by atoms with Crippen LogP contribution in [-0.2, 0) is 4.79 Å². The first-order valence-electron chi connectivity index (χ1n) is 8.22. The molecule has 8 heteroatoms. The fourth-order valence-corrected chi connectivity index (χ4v) is 4.32. The lowest BCUT2D eigenvalue weighted by atomic mass is 10.1. The van der Waals surface area contributed by atoms with Crippen LogP contribution in [0.15, 0.2) is 68.3 Å². The van der Waals surface area contributed by atoms with E-state index in [4.69, 9.17) is 27.1 Å². The summed E-state index contributed by atoms with van der Waals surface area (Å²) >= 11 is 8.64. The van der Waals surface area contributed by atoms with E-state index in [9.17, 15) is 4.79 Å². The highest BCUT2D eigenvalue weighted by molar-refractivity contribution is 8.18. The van der Waals surface area contributed by atoms with Gasteiger partial charge in [-0.05, 0) is 66.4 Å². The number of rotatable bonds is 4. The average Bonchev–Trinajstić information content (AvgIpc) is 3.00. The molecule has 2 aromatic carbocycles. The number of hydrogen-bond acceptors (Lipinski definition) is 6. The molecule has 4 rings (SSSR count). The number of benzene rings is 2. The molecule has 0 spiro atoms. The van der Waals surface area contributed by atoms with Gasteiger partial charge in [-0.3, -0.25) is 4.79 Å². The summed E-state index contributed by atoms with van der Waals surface area (Å²) in [5, 5.41) is 2.60. The number of ether oxygens (including phenoxy) is 1. The first-order valence-corrected chi connectivity index (χ1v) is 10.2. The number of amides is 1. The fourth-order valence-electron chi connectivity index (χ4n) is 2.65. The van der Waals surface area contributed by atoms with E-state index in [1.54, 1.807) is 13.2 Å². The van der Waals surface area contributed by atoms with E-state index < -0.39 is 0 Å². The third-order valence-corrected chi connectivity index (χ3v) is 6.06. The van der Waals surface area contributed by atoms with Gasteiger partial charge < -0.3 is 10.5 Å². The van der Waals surface area contributed by atoms with Crippen molar-refractivity contribution in [1.29, 1.82) is 0 Å². The van der Waals surface area contributed by atoms with Gasteiger partial charge >= 0.3 is 0 Å². The molecule has 0 unspecified atom stereocenters. The topological polar surface area (TPSA) is 77.6 Å². The smallest absolute Gasteiger partial charge is 0.286 e. The van der Waals surface area contributed by atoms with Gasteiger partial charge in [-0.25, -0.2) is 4.98 Å². The van der Waals surface area contributed by atoms with Gasteiger partial charge in [-0.2, -0.15) is 4.99 Å². The van der Waals surface area contributed by atoms with E-state index in [0.29, 0.717) is 9.93 Å². The molecule has 0 radical (unpaired) electrons. The molecule has 0 saturated heterocycles. The number of pyridine rings is 1. The molecule has 2 heterocycles. The van der Waals surface area contributed by atoms with Crippen LogP contribution in [0, 0.1) is 0 Å². The molecular weight excluding hydrogens is 414 g/mol. The maximum absolute atomic E-state index is 12.0. The molecule has 1 aliphatic heterocycles. The number of nitrogens with two attached hydrogens (primary N) is 1. The molecule has 28 heavy (non-hydrogen) atoms. The lowest BCUT2D eigenvalue weighted by Crippen LogP contribution is -2.01. The lowest BCUT2D eigenvalue weighted by molar-refractivity contribution is -0.113.